The topological polar surface area (TPSA) is 41.8 Å². The maximum atomic E-state index is 9.03. The summed E-state index contributed by atoms with van der Waals surface area (Å²) in [6, 6.07) is 12.2. The first-order valence-corrected chi connectivity index (χ1v) is 7.22. The third-order valence-electron chi connectivity index (χ3n) is 4.19. The molecule has 2 aromatic rings. The summed E-state index contributed by atoms with van der Waals surface area (Å²) in [6.45, 7) is 4.79. The molecule has 0 aliphatic heterocycles. The summed E-state index contributed by atoms with van der Waals surface area (Å²) in [5.41, 5.74) is 6.65. The Labute approximate surface area is 124 Å². The molecule has 3 heteroatoms. The fourth-order valence-electron chi connectivity index (χ4n) is 2.94. The summed E-state index contributed by atoms with van der Waals surface area (Å²) in [5, 5.41) is 12.4. The van der Waals surface area contributed by atoms with E-state index in [1.807, 2.05) is 18.2 Å². The van der Waals surface area contributed by atoms with Gasteiger partial charge in [-0.2, -0.15) is 0 Å². The number of aryl methyl sites for hydroxylation is 2. The smallest absolute Gasteiger partial charge is 0.123 e. The molecule has 0 heterocycles. The van der Waals surface area contributed by atoms with Crippen LogP contribution in [-0.4, -0.2) is 10.9 Å². The van der Waals surface area contributed by atoms with Gasteiger partial charge in [-0.3, -0.25) is 0 Å². The summed E-state index contributed by atoms with van der Waals surface area (Å²) < 4.78 is 6.05. The lowest BCUT2D eigenvalue weighted by atomic mass is 10.0. The van der Waals surface area contributed by atoms with Gasteiger partial charge in [0, 0.05) is 11.1 Å². The highest BCUT2D eigenvalue weighted by Crippen LogP contribution is 2.31. The van der Waals surface area contributed by atoms with E-state index in [2.05, 4.69) is 37.2 Å². The molecule has 0 radical (unpaired) electrons. The van der Waals surface area contributed by atoms with Crippen LogP contribution < -0.4 is 4.74 Å². The van der Waals surface area contributed by atoms with Gasteiger partial charge < -0.3 is 9.94 Å². The van der Waals surface area contributed by atoms with Crippen LogP contribution in [-0.2, 0) is 13.0 Å². The predicted octanol–water partition coefficient (Wildman–Crippen LogP) is 4.01. The van der Waals surface area contributed by atoms with Crippen molar-refractivity contribution in [1.82, 2.24) is 0 Å². The molecular formula is C18H19NO2. The molecule has 1 aliphatic carbocycles. The fourth-order valence-corrected chi connectivity index (χ4v) is 2.94. The van der Waals surface area contributed by atoms with E-state index in [0.717, 1.165) is 35.4 Å². The second-order valence-electron chi connectivity index (χ2n) is 5.49. The van der Waals surface area contributed by atoms with Crippen LogP contribution in [0.2, 0.25) is 0 Å². The quantitative estimate of drug-likeness (QED) is 0.682. The average molecular weight is 281 g/mol. The van der Waals surface area contributed by atoms with Gasteiger partial charge in [-0.1, -0.05) is 35.5 Å². The van der Waals surface area contributed by atoms with Crippen molar-refractivity contribution in [2.45, 2.75) is 33.3 Å². The molecule has 108 valence electrons. The molecule has 0 amide bonds. The molecule has 3 nitrogen and oxygen atoms in total. The van der Waals surface area contributed by atoms with Crippen molar-refractivity contribution in [1.29, 1.82) is 0 Å². The number of nitrogens with zero attached hydrogens (tertiary/aromatic N) is 1. The van der Waals surface area contributed by atoms with Crippen LogP contribution >= 0.6 is 0 Å². The van der Waals surface area contributed by atoms with Gasteiger partial charge in [0.1, 0.15) is 12.4 Å². The molecule has 0 fully saturated rings. The Morgan fingerprint density at radius 1 is 1.05 bits per heavy atom. The van der Waals surface area contributed by atoms with Crippen LogP contribution in [0.4, 0.5) is 0 Å². The van der Waals surface area contributed by atoms with E-state index in [1.54, 1.807) is 0 Å². The molecular weight excluding hydrogens is 262 g/mol. The van der Waals surface area contributed by atoms with E-state index < -0.39 is 0 Å². The van der Waals surface area contributed by atoms with Crippen molar-refractivity contribution in [2.75, 3.05) is 0 Å². The largest absolute Gasteiger partial charge is 0.489 e. The number of oxime groups is 1. The van der Waals surface area contributed by atoms with Crippen LogP contribution in [0, 0.1) is 13.8 Å². The van der Waals surface area contributed by atoms with E-state index in [4.69, 9.17) is 9.94 Å². The molecule has 1 aliphatic rings. The van der Waals surface area contributed by atoms with Crippen molar-refractivity contribution in [3.63, 3.8) is 0 Å². The maximum absolute atomic E-state index is 9.03. The zero-order valence-electron chi connectivity index (χ0n) is 12.4. The molecule has 3 rings (SSSR count). The van der Waals surface area contributed by atoms with Crippen LogP contribution in [0.3, 0.4) is 0 Å². The zero-order valence-corrected chi connectivity index (χ0v) is 12.4. The van der Waals surface area contributed by atoms with Crippen molar-refractivity contribution >= 4 is 5.71 Å². The highest BCUT2D eigenvalue weighted by atomic mass is 16.5. The second-order valence-corrected chi connectivity index (χ2v) is 5.49. The van der Waals surface area contributed by atoms with Crippen LogP contribution in [0.25, 0.3) is 0 Å². The van der Waals surface area contributed by atoms with Crippen molar-refractivity contribution < 1.29 is 9.94 Å². The number of hydrogen-bond acceptors (Lipinski definition) is 3. The minimum Gasteiger partial charge on any atom is -0.489 e. The van der Waals surface area contributed by atoms with Crippen LogP contribution in [0.15, 0.2) is 41.6 Å². The number of benzene rings is 2. The normalized spacial score (nSPS) is 15.2. The maximum Gasteiger partial charge on any atom is 0.123 e. The van der Waals surface area contributed by atoms with Gasteiger partial charge in [0.15, 0.2) is 0 Å². The summed E-state index contributed by atoms with van der Waals surface area (Å²) in [7, 11) is 0. The summed E-state index contributed by atoms with van der Waals surface area (Å²) >= 11 is 0. The molecule has 2 aromatic carbocycles. The zero-order chi connectivity index (χ0) is 14.8. The molecule has 0 unspecified atom stereocenters. The SMILES string of the molecule is Cc1cccc(C)c1COc1cccc2c1CC/C2=N\O. The predicted molar refractivity (Wildman–Crippen MR) is 83.3 cm³/mol. The van der Waals surface area contributed by atoms with Gasteiger partial charge >= 0.3 is 0 Å². The highest BCUT2D eigenvalue weighted by molar-refractivity contribution is 6.04. The van der Waals surface area contributed by atoms with Crippen LogP contribution in [0.1, 0.15) is 34.2 Å². The van der Waals surface area contributed by atoms with E-state index in [-0.39, 0.29) is 0 Å². The van der Waals surface area contributed by atoms with Gasteiger partial charge in [0.2, 0.25) is 0 Å². The van der Waals surface area contributed by atoms with Crippen molar-refractivity contribution in [3.05, 3.63) is 64.2 Å². The molecule has 0 bridgehead atoms. The number of rotatable bonds is 3. The summed E-state index contributed by atoms with van der Waals surface area (Å²) in [6.07, 6.45) is 1.65. The van der Waals surface area contributed by atoms with Gasteiger partial charge in [-0.25, -0.2) is 0 Å². The highest BCUT2D eigenvalue weighted by Gasteiger charge is 2.21. The molecule has 0 aromatic heterocycles. The molecule has 21 heavy (non-hydrogen) atoms. The Balaban J connectivity index is 1.86. The fraction of sp³-hybridized carbons (Fsp3) is 0.278. The lowest BCUT2D eigenvalue weighted by Gasteiger charge is -2.14. The third-order valence-corrected chi connectivity index (χ3v) is 4.19. The van der Waals surface area contributed by atoms with Crippen molar-refractivity contribution in [2.24, 2.45) is 5.16 Å². The first-order valence-electron chi connectivity index (χ1n) is 7.22. The Kier molecular flexibility index (Phi) is 3.65. The monoisotopic (exact) mass is 281 g/mol. The van der Waals surface area contributed by atoms with E-state index in [1.165, 1.54) is 16.7 Å². The molecule has 0 atom stereocenters. The minimum absolute atomic E-state index is 0.570. The Morgan fingerprint density at radius 2 is 1.76 bits per heavy atom. The molecule has 1 N–H and O–H groups in total. The Bertz CT molecular complexity index is 684. The lowest BCUT2D eigenvalue weighted by Crippen LogP contribution is -2.02. The standard InChI is InChI=1S/C18H19NO2/c1-12-5-3-6-13(2)16(12)11-21-18-8-4-7-14-15(18)9-10-17(14)19-20/h3-8,20H,9-11H2,1-2H3/b19-17+. The minimum atomic E-state index is 0.570. The molecule has 0 saturated heterocycles. The van der Waals surface area contributed by atoms with Gasteiger partial charge in [0.05, 0.1) is 5.71 Å². The first kappa shape index (κ1) is 13.7. The summed E-state index contributed by atoms with van der Waals surface area (Å²) in [4.78, 5) is 0. The van der Waals surface area contributed by atoms with E-state index in [9.17, 15) is 0 Å². The Hall–Kier alpha value is -2.29. The number of hydrogen-bond donors (Lipinski definition) is 1. The Morgan fingerprint density at radius 3 is 2.48 bits per heavy atom. The molecule has 0 spiro atoms. The van der Waals surface area contributed by atoms with Crippen LogP contribution in [0.5, 0.6) is 5.75 Å². The second kappa shape index (κ2) is 5.60. The third kappa shape index (κ3) is 2.51. The van der Waals surface area contributed by atoms with Gasteiger partial charge in [0.25, 0.3) is 0 Å². The number of fused-ring (bicyclic) bond motifs is 1. The first-order chi connectivity index (χ1) is 10.2. The number of ether oxygens (including phenoxy) is 1. The lowest BCUT2D eigenvalue weighted by molar-refractivity contribution is 0.301. The van der Waals surface area contributed by atoms with E-state index in [0.29, 0.717) is 6.61 Å². The van der Waals surface area contributed by atoms with E-state index >= 15 is 0 Å². The molecule has 0 saturated carbocycles. The average Bonchev–Trinajstić information content (AvgIpc) is 2.90. The van der Waals surface area contributed by atoms with Gasteiger partial charge in [-0.15, -0.1) is 0 Å². The van der Waals surface area contributed by atoms with Gasteiger partial charge in [-0.05, 0) is 49.4 Å². The summed E-state index contributed by atoms with van der Waals surface area (Å²) in [5.74, 6) is 0.897. The van der Waals surface area contributed by atoms with Crippen molar-refractivity contribution in [3.8, 4) is 5.75 Å².